The lowest BCUT2D eigenvalue weighted by Crippen LogP contribution is -2.20. The van der Waals surface area contributed by atoms with Crippen molar-refractivity contribution in [2.24, 2.45) is 0 Å². The number of rotatable bonds is 6. The van der Waals surface area contributed by atoms with Gasteiger partial charge in [0.2, 0.25) is 10.0 Å². The second-order valence-electron chi connectivity index (χ2n) is 4.24. The Kier molecular flexibility index (Phi) is 4.70. The first kappa shape index (κ1) is 14.5. The number of para-hydroxylation sites is 1. The van der Waals surface area contributed by atoms with Gasteiger partial charge in [0.1, 0.15) is 4.90 Å². The van der Waals surface area contributed by atoms with Crippen molar-refractivity contribution in [3.05, 3.63) is 54.4 Å². The van der Waals surface area contributed by atoms with Crippen LogP contribution in [0.15, 0.2) is 53.7 Å². The van der Waals surface area contributed by atoms with Crippen molar-refractivity contribution in [2.45, 2.75) is 11.3 Å². The van der Waals surface area contributed by atoms with Crippen molar-refractivity contribution in [3.8, 4) is 0 Å². The van der Waals surface area contributed by atoms with E-state index in [1.165, 1.54) is 7.05 Å². The van der Waals surface area contributed by atoms with E-state index in [9.17, 15) is 8.42 Å². The third-order valence-corrected chi connectivity index (χ3v) is 4.40. The summed E-state index contributed by atoms with van der Waals surface area (Å²) in [6.45, 7) is 0.653. The number of hydrogen-bond donors (Lipinski definition) is 2. The lowest BCUT2D eigenvalue weighted by atomic mass is 10.2. The standard InChI is InChI=1S/C14H17N3O2S/c1-15-20(18,19)14-5-3-2-4-13(14)17-11-8-12-6-9-16-10-7-12/h2-7,9-10,15,17H,8,11H2,1H3. The van der Waals surface area contributed by atoms with Crippen molar-refractivity contribution in [1.82, 2.24) is 9.71 Å². The van der Waals surface area contributed by atoms with Gasteiger partial charge in [0.15, 0.2) is 0 Å². The number of nitrogens with zero attached hydrogens (tertiary/aromatic N) is 1. The summed E-state index contributed by atoms with van der Waals surface area (Å²) < 4.78 is 26.1. The summed E-state index contributed by atoms with van der Waals surface area (Å²) in [7, 11) is -2.04. The maximum Gasteiger partial charge on any atom is 0.242 e. The van der Waals surface area contributed by atoms with Crippen LogP contribution >= 0.6 is 0 Å². The largest absolute Gasteiger partial charge is 0.384 e. The lowest BCUT2D eigenvalue weighted by Gasteiger charge is -2.11. The summed E-state index contributed by atoms with van der Waals surface area (Å²) in [5.74, 6) is 0. The average molecular weight is 291 g/mol. The molecule has 0 amide bonds. The first-order valence-corrected chi connectivity index (χ1v) is 7.77. The van der Waals surface area contributed by atoms with Crippen LogP contribution in [-0.4, -0.2) is 27.0 Å². The molecule has 1 aromatic heterocycles. The zero-order valence-corrected chi connectivity index (χ0v) is 12.0. The van der Waals surface area contributed by atoms with E-state index >= 15 is 0 Å². The highest BCUT2D eigenvalue weighted by Gasteiger charge is 2.15. The molecule has 0 spiro atoms. The summed E-state index contributed by atoms with van der Waals surface area (Å²) >= 11 is 0. The van der Waals surface area contributed by atoms with E-state index in [-0.39, 0.29) is 4.90 Å². The summed E-state index contributed by atoms with van der Waals surface area (Å²) in [6.07, 6.45) is 4.29. The molecule has 0 unspecified atom stereocenters. The third-order valence-electron chi connectivity index (χ3n) is 2.92. The van der Waals surface area contributed by atoms with Crippen LogP contribution in [0.25, 0.3) is 0 Å². The Balaban J connectivity index is 2.07. The monoisotopic (exact) mass is 291 g/mol. The van der Waals surface area contributed by atoms with Gasteiger partial charge in [-0.05, 0) is 43.3 Å². The molecular formula is C14H17N3O2S. The Morgan fingerprint density at radius 2 is 1.80 bits per heavy atom. The van der Waals surface area contributed by atoms with Gasteiger partial charge < -0.3 is 5.32 Å². The fraction of sp³-hybridized carbons (Fsp3) is 0.214. The first-order valence-electron chi connectivity index (χ1n) is 6.29. The second-order valence-corrected chi connectivity index (χ2v) is 6.09. The van der Waals surface area contributed by atoms with E-state index < -0.39 is 10.0 Å². The van der Waals surface area contributed by atoms with Gasteiger partial charge in [-0.2, -0.15) is 0 Å². The highest BCUT2D eigenvalue weighted by atomic mass is 32.2. The lowest BCUT2D eigenvalue weighted by molar-refractivity contribution is 0.588. The van der Waals surface area contributed by atoms with Crippen molar-refractivity contribution in [2.75, 3.05) is 18.9 Å². The fourth-order valence-electron chi connectivity index (χ4n) is 1.85. The van der Waals surface area contributed by atoms with Crippen LogP contribution in [-0.2, 0) is 16.4 Å². The summed E-state index contributed by atoms with van der Waals surface area (Å²) in [4.78, 5) is 4.22. The number of hydrogen-bond acceptors (Lipinski definition) is 4. The molecule has 1 aromatic carbocycles. The number of pyridine rings is 1. The predicted molar refractivity (Wildman–Crippen MR) is 79.1 cm³/mol. The van der Waals surface area contributed by atoms with Gasteiger partial charge in [-0.1, -0.05) is 12.1 Å². The summed E-state index contributed by atoms with van der Waals surface area (Å²) in [5.41, 5.74) is 1.76. The van der Waals surface area contributed by atoms with E-state index in [0.717, 1.165) is 12.0 Å². The number of benzene rings is 1. The molecule has 0 bridgehead atoms. The quantitative estimate of drug-likeness (QED) is 0.849. The third kappa shape index (κ3) is 3.55. The van der Waals surface area contributed by atoms with Crippen molar-refractivity contribution in [1.29, 1.82) is 0 Å². The van der Waals surface area contributed by atoms with Crippen LogP contribution in [0.5, 0.6) is 0 Å². The van der Waals surface area contributed by atoms with Crippen molar-refractivity contribution in [3.63, 3.8) is 0 Å². The molecule has 0 fully saturated rings. The Bertz CT molecular complexity index is 657. The Morgan fingerprint density at radius 3 is 2.50 bits per heavy atom. The maximum absolute atomic E-state index is 11.9. The van der Waals surface area contributed by atoms with Gasteiger partial charge in [-0.3, -0.25) is 4.98 Å². The minimum Gasteiger partial charge on any atom is -0.384 e. The average Bonchev–Trinajstić information content (AvgIpc) is 2.49. The number of anilines is 1. The van der Waals surface area contributed by atoms with E-state index in [2.05, 4.69) is 15.0 Å². The smallest absolute Gasteiger partial charge is 0.242 e. The molecule has 2 aromatic rings. The van der Waals surface area contributed by atoms with Crippen LogP contribution < -0.4 is 10.0 Å². The zero-order chi connectivity index (χ0) is 14.4. The molecule has 0 aliphatic heterocycles. The minimum atomic E-state index is -3.45. The molecule has 0 aliphatic carbocycles. The van der Waals surface area contributed by atoms with Crippen LogP contribution in [0.3, 0.4) is 0 Å². The number of aromatic nitrogens is 1. The van der Waals surface area contributed by atoms with Gasteiger partial charge in [0.05, 0.1) is 5.69 Å². The molecule has 6 heteroatoms. The normalized spacial score (nSPS) is 11.2. The van der Waals surface area contributed by atoms with Gasteiger partial charge in [-0.15, -0.1) is 0 Å². The van der Waals surface area contributed by atoms with Crippen LogP contribution in [0.1, 0.15) is 5.56 Å². The topological polar surface area (TPSA) is 71.1 Å². The molecule has 106 valence electrons. The molecule has 2 N–H and O–H groups in total. The molecule has 2 rings (SSSR count). The van der Waals surface area contributed by atoms with Crippen molar-refractivity contribution < 1.29 is 8.42 Å². The molecule has 0 atom stereocenters. The molecular weight excluding hydrogens is 274 g/mol. The van der Waals surface area contributed by atoms with Crippen LogP contribution in [0, 0.1) is 0 Å². The first-order chi connectivity index (χ1) is 9.63. The fourth-order valence-corrected chi connectivity index (χ4v) is 2.76. The summed E-state index contributed by atoms with van der Waals surface area (Å²) in [5, 5.41) is 3.16. The van der Waals surface area contributed by atoms with Gasteiger partial charge in [0.25, 0.3) is 0 Å². The molecule has 0 saturated heterocycles. The molecule has 0 saturated carbocycles. The number of nitrogens with one attached hydrogen (secondary N) is 2. The molecule has 5 nitrogen and oxygen atoms in total. The van der Waals surface area contributed by atoms with E-state index in [1.807, 2.05) is 18.2 Å². The van der Waals surface area contributed by atoms with Gasteiger partial charge in [0, 0.05) is 18.9 Å². The molecule has 0 radical (unpaired) electrons. The zero-order valence-electron chi connectivity index (χ0n) is 11.2. The second kappa shape index (κ2) is 6.49. The van der Waals surface area contributed by atoms with Gasteiger partial charge >= 0.3 is 0 Å². The van der Waals surface area contributed by atoms with Crippen LogP contribution in [0.4, 0.5) is 5.69 Å². The summed E-state index contributed by atoms with van der Waals surface area (Å²) in [6, 6.07) is 10.7. The minimum absolute atomic E-state index is 0.261. The Labute approximate surface area is 119 Å². The highest BCUT2D eigenvalue weighted by Crippen LogP contribution is 2.20. The van der Waals surface area contributed by atoms with E-state index in [1.54, 1.807) is 30.6 Å². The Hall–Kier alpha value is -1.92. The van der Waals surface area contributed by atoms with Crippen LogP contribution in [0.2, 0.25) is 0 Å². The highest BCUT2D eigenvalue weighted by molar-refractivity contribution is 7.89. The molecule has 20 heavy (non-hydrogen) atoms. The number of sulfonamides is 1. The van der Waals surface area contributed by atoms with Gasteiger partial charge in [-0.25, -0.2) is 13.1 Å². The molecule has 0 aliphatic rings. The van der Waals surface area contributed by atoms with Crippen molar-refractivity contribution >= 4 is 15.7 Å². The predicted octanol–water partition coefficient (Wildman–Crippen LogP) is 1.64. The van der Waals surface area contributed by atoms with E-state index in [4.69, 9.17) is 0 Å². The molecule has 1 heterocycles. The van der Waals surface area contributed by atoms with E-state index in [0.29, 0.717) is 12.2 Å². The Morgan fingerprint density at radius 1 is 1.10 bits per heavy atom. The SMILES string of the molecule is CNS(=O)(=O)c1ccccc1NCCc1ccncc1. The maximum atomic E-state index is 11.9.